The molecule has 2 heterocycles. The van der Waals surface area contributed by atoms with E-state index in [2.05, 4.69) is 28.2 Å². The number of nitrogens with one attached hydrogen (secondary N) is 1. The summed E-state index contributed by atoms with van der Waals surface area (Å²) in [4.78, 5) is 6.68. The van der Waals surface area contributed by atoms with Gasteiger partial charge < -0.3 is 10.4 Å². The second kappa shape index (κ2) is 5.67. The van der Waals surface area contributed by atoms with Crippen LogP contribution in [0.15, 0.2) is 18.3 Å². The summed E-state index contributed by atoms with van der Waals surface area (Å²) in [6.07, 6.45) is 3.77. The fraction of sp³-hybridized carbons (Fsp3) is 0.643. The summed E-state index contributed by atoms with van der Waals surface area (Å²) in [7, 11) is 0. The minimum Gasteiger partial charge on any atom is -0.389 e. The highest BCUT2D eigenvalue weighted by molar-refractivity contribution is 5.43. The monoisotopic (exact) mass is 249 g/mol. The van der Waals surface area contributed by atoms with Gasteiger partial charge in [-0.15, -0.1) is 0 Å². The van der Waals surface area contributed by atoms with Crippen LogP contribution in [0, 0.1) is 0 Å². The molecule has 0 spiro atoms. The van der Waals surface area contributed by atoms with Crippen LogP contribution in [0.2, 0.25) is 0 Å². The second-order valence-electron chi connectivity index (χ2n) is 5.35. The van der Waals surface area contributed by atoms with Crippen LogP contribution >= 0.6 is 0 Å². The Morgan fingerprint density at radius 3 is 3.11 bits per heavy atom. The van der Waals surface area contributed by atoms with Crippen molar-refractivity contribution in [2.75, 3.05) is 25.0 Å². The van der Waals surface area contributed by atoms with Gasteiger partial charge in [0.2, 0.25) is 0 Å². The standard InChI is InChI=1S/C14H23N3O/c1-3-15-13-12(6-4-8-16-13)10-17-9-5-7-14(2,18)11-17/h4,6,8,18H,3,5,7,9-11H2,1-2H3,(H,15,16). The van der Waals surface area contributed by atoms with Crippen LogP contribution in [0.1, 0.15) is 32.3 Å². The third-order valence-corrected chi connectivity index (χ3v) is 3.38. The van der Waals surface area contributed by atoms with Gasteiger partial charge in [-0.3, -0.25) is 4.90 Å². The maximum atomic E-state index is 10.1. The van der Waals surface area contributed by atoms with Crippen molar-refractivity contribution >= 4 is 5.82 Å². The Kier molecular flexibility index (Phi) is 4.19. The number of rotatable bonds is 4. The van der Waals surface area contributed by atoms with Crippen LogP contribution in [-0.4, -0.2) is 40.2 Å². The first-order valence-electron chi connectivity index (χ1n) is 6.73. The highest BCUT2D eigenvalue weighted by Crippen LogP contribution is 2.23. The Labute approximate surface area is 109 Å². The van der Waals surface area contributed by atoms with E-state index in [-0.39, 0.29) is 0 Å². The second-order valence-corrected chi connectivity index (χ2v) is 5.35. The molecule has 2 N–H and O–H groups in total. The Morgan fingerprint density at radius 2 is 2.39 bits per heavy atom. The topological polar surface area (TPSA) is 48.4 Å². The molecule has 0 aliphatic carbocycles. The number of piperidine rings is 1. The first-order chi connectivity index (χ1) is 8.61. The number of likely N-dealkylation sites (tertiary alicyclic amines) is 1. The summed E-state index contributed by atoms with van der Waals surface area (Å²) in [6, 6.07) is 4.08. The first-order valence-corrected chi connectivity index (χ1v) is 6.73. The van der Waals surface area contributed by atoms with Crippen molar-refractivity contribution in [1.82, 2.24) is 9.88 Å². The van der Waals surface area contributed by atoms with E-state index in [1.807, 2.05) is 19.2 Å². The summed E-state index contributed by atoms with van der Waals surface area (Å²) < 4.78 is 0. The highest BCUT2D eigenvalue weighted by atomic mass is 16.3. The van der Waals surface area contributed by atoms with Crippen molar-refractivity contribution in [3.8, 4) is 0 Å². The van der Waals surface area contributed by atoms with E-state index < -0.39 is 5.60 Å². The van der Waals surface area contributed by atoms with Crippen LogP contribution in [0.5, 0.6) is 0 Å². The molecule has 0 amide bonds. The number of aromatic nitrogens is 1. The van der Waals surface area contributed by atoms with Crippen molar-refractivity contribution in [2.24, 2.45) is 0 Å². The summed E-state index contributed by atoms with van der Waals surface area (Å²) in [5.41, 5.74) is 0.663. The van der Waals surface area contributed by atoms with Crippen LogP contribution in [-0.2, 0) is 6.54 Å². The SMILES string of the molecule is CCNc1ncccc1CN1CCCC(C)(O)C1. The number of β-amino-alcohol motifs (C(OH)–C–C–N with tert-alkyl or cyclic N) is 1. The molecular formula is C14H23N3O. The van der Waals surface area contributed by atoms with Gasteiger partial charge in [0, 0.05) is 31.4 Å². The van der Waals surface area contributed by atoms with E-state index in [1.165, 1.54) is 5.56 Å². The molecule has 1 saturated heterocycles. The molecule has 1 aliphatic rings. The maximum Gasteiger partial charge on any atom is 0.130 e. The van der Waals surface area contributed by atoms with E-state index in [0.717, 1.165) is 44.8 Å². The maximum absolute atomic E-state index is 10.1. The minimum atomic E-state index is -0.543. The fourth-order valence-electron chi connectivity index (χ4n) is 2.59. The zero-order chi connectivity index (χ0) is 13.0. The molecule has 18 heavy (non-hydrogen) atoms. The van der Waals surface area contributed by atoms with Crippen LogP contribution in [0.25, 0.3) is 0 Å². The molecule has 1 atom stereocenters. The molecule has 0 aromatic carbocycles. The molecular weight excluding hydrogens is 226 g/mol. The summed E-state index contributed by atoms with van der Waals surface area (Å²) in [5, 5.41) is 13.4. The predicted molar refractivity (Wildman–Crippen MR) is 73.5 cm³/mol. The van der Waals surface area contributed by atoms with Crippen LogP contribution in [0.4, 0.5) is 5.82 Å². The van der Waals surface area contributed by atoms with Crippen LogP contribution < -0.4 is 5.32 Å². The molecule has 4 nitrogen and oxygen atoms in total. The molecule has 100 valence electrons. The number of nitrogens with zero attached hydrogens (tertiary/aromatic N) is 2. The number of hydrogen-bond donors (Lipinski definition) is 2. The lowest BCUT2D eigenvalue weighted by atomic mass is 9.95. The normalized spacial score (nSPS) is 25.1. The first kappa shape index (κ1) is 13.3. The van der Waals surface area contributed by atoms with Gasteiger partial charge in [-0.05, 0) is 39.3 Å². The van der Waals surface area contributed by atoms with Gasteiger partial charge >= 0.3 is 0 Å². The van der Waals surface area contributed by atoms with Gasteiger partial charge in [-0.25, -0.2) is 4.98 Å². The highest BCUT2D eigenvalue weighted by Gasteiger charge is 2.28. The Morgan fingerprint density at radius 1 is 1.56 bits per heavy atom. The lowest BCUT2D eigenvalue weighted by molar-refractivity contribution is -0.0181. The third-order valence-electron chi connectivity index (χ3n) is 3.38. The summed E-state index contributed by atoms with van der Waals surface area (Å²) in [6.45, 7) is 7.52. The number of pyridine rings is 1. The fourth-order valence-corrected chi connectivity index (χ4v) is 2.59. The molecule has 2 rings (SSSR count). The number of aliphatic hydroxyl groups is 1. The molecule has 0 bridgehead atoms. The van der Waals surface area contributed by atoms with E-state index in [0.29, 0.717) is 0 Å². The van der Waals surface area contributed by atoms with Crippen molar-refractivity contribution < 1.29 is 5.11 Å². The van der Waals surface area contributed by atoms with Gasteiger partial charge in [0.1, 0.15) is 5.82 Å². The summed E-state index contributed by atoms with van der Waals surface area (Å²) >= 11 is 0. The summed E-state index contributed by atoms with van der Waals surface area (Å²) in [5.74, 6) is 0.963. The van der Waals surface area contributed by atoms with Gasteiger partial charge in [-0.1, -0.05) is 6.07 Å². The molecule has 1 fully saturated rings. The number of hydrogen-bond acceptors (Lipinski definition) is 4. The van der Waals surface area contributed by atoms with E-state index in [9.17, 15) is 5.11 Å². The molecule has 1 aliphatic heterocycles. The minimum absolute atomic E-state index is 0.543. The molecule has 1 aromatic heterocycles. The van der Waals surface area contributed by atoms with Gasteiger partial charge in [0.15, 0.2) is 0 Å². The Bertz CT molecular complexity index is 392. The van der Waals surface area contributed by atoms with E-state index >= 15 is 0 Å². The zero-order valence-corrected chi connectivity index (χ0v) is 11.3. The van der Waals surface area contributed by atoms with Crippen LogP contribution in [0.3, 0.4) is 0 Å². The van der Waals surface area contributed by atoms with Gasteiger partial charge in [-0.2, -0.15) is 0 Å². The quantitative estimate of drug-likeness (QED) is 0.855. The van der Waals surface area contributed by atoms with Gasteiger partial charge in [0.05, 0.1) is 5.60 Å². The number of anilines is 1. The van der Waals surface area contributed by atoms with Crippen molar-refractivity contribution in [3.05, 3.63) is 23.9 Å². The van der Waals surface area contributed by atoms with Gasteiger partial charge in [0.25, 0.3) is 0 Å². The molecule has 0 radical (unpaired) electrons. The average Bonchev–Trinajstić information content (AvgIpc) is 2.31. The third kappa shape index (κ3) is 3.43. The largest absolute Gasteiger partial charge is 0.389 e. The lowest BCUT2D eigenvalue weighted by Gasteiger charge is -2.37. The lowest BCUT2D eigenvalue weighted by Crippen LogP contribution is -2.45. The molecule has 1 aromatic rings. The average molecular weight is 249 g/mol. The zero-order valence-electron chi connectivity index (χ0n) is 11.3. The van der Waals surface area contributed by atoms with Crippen molar-refractivity contribution in [1.29, 1.82) is 0 Å². The Balaban J connectivity index is 2.04. The predicted octanol–water partition coefficient (Wildman–Crippen LogP) is 1.86. The van der Waals surface area contributed by atoms with E-state index in [4.69, 9.17) is 0 Å². The van der Waals surface area contributed by atoms with E-state index in [1.54, 1.807) is 0 Å². The van der Waals surface area contributed by atoms with Crippen molar-refractivity contribution in [3.63, 3.8) is 0 Å². The smallest absolute Gasteiger partial charge is 0.130 e. The Hall–Kier alpha value is -1.13. The molecule has 4 heteroatoms. The molecule has 0 saturated carbocycles. The molecule has 1 unspecified atom stereocenters. The van der Waals surface area contributed by atoms with Crippen molar-refractivity contribution in [2.45, 2.75) is 38.8 Å².